The van der Waals surface area contributed by atoms with Gasteiger partial charge in [0.1, 0.15) is 0 Å². The molecule has 4 heteroatoms. The highest BCUT2D eigenvalue weighted by Crippen LogP contribution is 2.16. The minimum atomic E-state index is -4.58. The minimum Gasteiger partial charge on any atom is -0.287 e. The van der Waals surface area contributed by atoms with E-state index in [1.54, 1.807) is 0 Å². The Hall–Kier alpha value is -0.770. The van der Waals surface area contributed by atoms with Gasteiger partial charge in [-0.05, 0) is 5.57 Å². The minimum absolute atomic E-state index is 0.206. The van der Waals surface area contributed by atoms with Gasteiger partial charge in [0.2, 0.25) is 0 Å². The standard InChI is InChI=1S/C6H7F3O/c1-3-5(2)4-10-6(7,8)9/h3H,1-2,4H2. The molecule has 0 saturated heterocycles. The van der Waals surface area contributed by atoms with Gasteiger partial charge in [0.25, 0.3) is 0 Å². The average molecular weight is 152 g/mol. The molecular formula is C6H7F3O. The Balaban J connectivity index is 3.55. The molecule has 0 fully saturated rings. The van der Waals surface area contributed by atoms with Gasteiger partial charge in [0.15, 0.2) is 0 Å². The Bertz CT molecular complexity index is 136. The van der Waals surface area contributed by atoms with Gasteiger partial charge in [-0.3, -0.25) is 4.74 Å². The van der Waals surface area contributed by atoms with Crippen molar-refractivity contribution < 1.29 is 17.9 Å². The van der Waals surface area contributed by atoms with Gasteiger partial charge in [0.05, 0.1) is 6.61 Å². The number of hydrogen-bond donors (Lipinski definition) is 0. The third-order valence-electron chi connectivity index (χ3n) is 0.710. The summed E-state index contributed by atoms with van der Waals surface area (Å²) in [5.74, 6) is 0. The third-order valence-corrected chi connectivity index (χ3v) is 0.710. The number of rotatable bonds is 3. The van der Waals surface area contributed by atoms with E-state index in [0.29, 0.717) is 0 Å². The predicted molar refractivity (Wildman–Crippen MR) is 31.3 cm³/mol. The molecule has 0 aliphatic heterocycles. The lowest BCUT2D eigenvalue weighted by atomic mass is 10.3. The van der Waals surface area contributed by atoms with Gasteiger partial charge < -0.3 is 0 Å². The zero-order chi connectivity index (χ0) is 8.20. The van der Waals surface area contributed by atoms with Gasteiger partial charge in [-0.15, -0.1) is 13.2 Å². The summed E-state index contributed by atoms with van der Waals surface area (Å²) in [7, 11) is 0. The van der Waals surface area contributed by atoms with E-state index in [0.717, 1.165) is 0 Å². The maximum atomic E-state index is 11.3. The highest BCUT2D eigenvalue weighted by atomic mass is 19.4. The summed E-state index contributed by atoms with van der Waals surface area (Å²) in [6.07, 6.45) is -3.36. The summed E-state index contributed by atoms with van der Waals surface area (Å²) in [6, 6.07) is 0. The highest BCUT2D eigenvalue weighted by Gasteiger charge is 2.28. The van der Waals surface area contributed by atoms with Gasteiger partial charge in [-0.25, -0.2) is 0 Å². The van der Waals surface area contributed by atoms with E-state index >= 15 is 0 Å². The molecule has 0 atom stereocenters. The van der Waals surface area contributed by atoms with Crippen molar-refractivity contribution in [2.24, 2.45) is 0 Å². The molecule has 0 unspecified atom stereocenters. The van der Waals surface area contributed by atoms with E-state index in [9.17, 15) is 13.2 Å². The first-order valence-corrected chi connectivity index (χ1v) is 2.46. The molecule has 0 aromatic heterocycles. The van der Waals surface area contributed by atoms with Crippen LogP contribution in [0.15, 0.2) is 24.8 Å². The number of halogens is 3. The Morgan fingerprint density at radius 1 is 1.50 bits per heavy atom. The van der Waals surface area contributed by atoms with Crippen LogP contribution in [0.1, 0.15) is 0 Å². The second-order valence-electron chi connectivity index (χ2n) is 1.60. The van der Waals surface area contributed by atoms with Crippen molar-refractivity contribution in [3.8, 4) is 0 Å². The molecule has 0 aliphatic rings. The Labute approximate surface area is 56.8 Å². The number of hydrogen-bond acceptors (Lipinski definition) is 1. The van der Waals surface area contributed by atoms with Gasteiger partial charge >= 0.3 is 6.36 Å². The molecular weight excluding hydrogens is 145 g/mol. The van der Waals surface area contributed by atoms with Crippen LogP contribution < -0.4 is 0 Å². The Kier molecular flexibility index (Phi) is 3.15. The van der Waals surface area contributed by atoms with Crippen LogP contribution in [-0.4, -0.2) is 13.0 Å². The summed E-state index contributed by atoms with van der Waals surface area (Å²) in [4.78, 5) is 0. The summed E-state index contributed by atoms with van der Waals surface area (Å²) in [5, 5.41) is 0. The molecule has 1 nitrogen and oxygen atoms in total. The second-order valence-corrected chi connectivity index (χ2v) is 1.60. The molecule has 0 saturated carbocycles. The van der Waals surface area contributed by atoms with Crippen LogP contribution in [0.5, 0.6) is 0 Å². The molecule has 0 aromatic carbocycles. The van der Waals surface area contributed by atoms with E-state index < -0.39 is 13.0 Å². The predicted octanol–water partition coefficient (Wildman–Crippen LogP) is 2.27. The fourth-order valence-corrected chi connectivity index (χ4v) is 0.233. The van der Waals surface area contributed by atoms with Crippen molar-refractivity contribution in [3.63, 3.8) is 0 Å². The van der Waals surface area contributed by atoms with E-state index in [1.165, 1.54) is 6.08 Å². The van der Waals surface area contributed by atoms with Crippen LogP contribution in [0.25, 0.3) is 0 Å². The maximum absolute atomic E-state index is 11.3. The number of ether oxygens (including phenoxy) is 1. The fraction of sp³-hybridized carbons (Fsp3) is 0.333. The zero-order valence-corrected chi connectivity index (χ0v) is 5.24. The van der Waals surface area contributed by atoms with Crippen LogP contribution in [0, 0.1) is 0 Å². The summed E-state index contributed by atoms with van der Waals surface area (Å²) in [5.41, 5.74) is 0.206. The van der Waals surface area contributed by atoms with Crippen LogP contribution in [-0.2, 0) is 4.74 Å². The quantitative estimate of drug-likeness (QED) is 0.563. The SMILES string of the molecule is C=CC(=C)COC(F)(F)F. The maximum Gasteiger partial charge on any atom is 0.522 e. The molecule has 0 amide bonds. The van der Waals surface area contributed by atoms with Crippen LogP contribution in [0.4, 0.5) is 13.2 Å². The lowest BCUT2D eigenvalue weighted by molar-refractivity contribution is -0.320. The zero-order valence-electron chi connectivity index (χ0n) is 5.24. The van der Waals surface area contributed by atoms with Crippen LogP contribution in [0.2, 0.25) is 0 Å². The first-order chi connectivity index (χ1) is 4.45. The summed E-state index contributed by atoms with van der Waals surface area (Å²) < 4.78 is 37.2. The largest absolute Gasteiger partial charge is 0.522 e. The molecule has 58 valence electrons. The van der Waals surface area contributed by atoms with Gasteiger partial charge in [-0.1, -0.05) is 19.2 Å². The topological polar surface area (TPSA) is 9.23 Å². The molecule has 0 N–H and O–H groups in total. The molecule has 0 aromatic rings. The lowest BCUT2D eigenvalue weighted by Crippen LogP contribution is -2.14. The molecule has 10 heavy (non-hydrogen) atoms. The van der Waals surface area contributed by atoms with Crippen molar-refractivity contribution in [2.75, 3.05) is 6.61 Å². The van der Waals surface area contributed by atoms with Crippen molar-refractivity contribution in [2.45, 2.75) is 6.36 Å². The molecule has 0 aliphatic carbocycles. The van der Waals surface area contributed by atoms with E-state index in [4.69, 9.17) is 0 Å². The molecule has 0 rings (SSSR count). The smallest absolute Gasteiger partial charge is 0.287 e. The van der Waals surface area contributed by atoms with Crippen molar-refractivity contribution in [3.05, 3.63) is 24.8 Å². The highest BCUT2D eigenvalue weighted by molar-refractivity contribution is 5.10. The van der Waals surface area contributed by atoms with E-state index in [1.807, 2.05) is 0 Å². The second kappa shape index (κ2) is 3.41. The Morgan fingerprint density at radius 3 is 2.30 bits per heavy atom. The first-order valence-electron chi connectivity index (χ1n) is 2.46. The van der Waals surface area contributed by atoms with Crippen molar-refractivity contribution in [1.82, 2.24) is 0 Å². The molecule has 0 heterocycles. The van der Waals surface area contributed by atoms with E-state index in [-0.39, 0.29) is 5.57 Å². The van der Waals surface area contributed by atoms with Gasteiger partial charge in [0, 0.05) is 0 Å². The average Bonchev–Trinajstić information content (AvgIpc) is 1.81. The van der Waals surface area contributed by atoms with Crippen molar-refractivity contribution in [1.29, 1.82) is 0 Å². The first kappa shape index (κ1) is 9.23. The van der Waals surface area contributed by atoms with Gasteiger partial charge in [-0.2, -0.15) is 0 Å². The third kappa shape index (κ3) is 5.37. The normalized spacial score (nSPS) is 11.1. The number of alkyl halides is 3. The van der Waals surface area contributed by atoms with E-state index in [2.05, 4.69) is 17.9 Å². The van der Waals surface area contributed by atoms with Crippen LogP contribution >= 0.6 is 0 Å². The fourth-order valence-electron chi connectivity index (χ4n) is 0.233. The summed E-state index contributed by atoms with van der Waals surface area (Å²) in [6.45, 7) is 5.90. The molecule has 0 bridgehead atoms. The summed E-state index contributed by atoms with van der Waals surface area (Å²) >= 11 is 0. The van der Waals surface area contributed by atoms with Crippen LogP contribution in [0.3, 0.4) is 0 Å². The molecule has 0 radical (unpaired) electrons. The molecule has 0 spiro atoms. The monoisotopic (exact) mass is 152 g/mol. The Morgan fingerprint density at radius 2 is 2.00 bits per heavy atom. The lowest BCUT2D eigenvalue weighted by Gasteiger charge is -2.05. The van der Waals surface area contributed by atoms with Crippen molar-refractivity contribution >= 4 is 0 Å².